The number of carbonyl (C=O) groups is 2. The van der Waals surface area contributed by atoms with Crippen LogP contribution in [0.3, 0.4) is 0 Å². The van der Waals surface area contributed by atoms with Gasteiger partial charge in [0.05, 0.1) is 12.2 Å². The molecule has 1 fully saturated rings. The van der Waals surface area contributed by atoms with Gasteiger partial charge in [-0.1, -0.05) is 0 Å². The van der Waals surface area contributed by atoms with Gasteiger partial charge in [0.1, 0.15) is 11.7 Å². The smallest absolute Gasteiger partial charge is 0.317 e. The predicted octanol–water partition coefficient (Wildman–Crippen LogP) is 3.26. The van der Waals surface area contributed by atoms with Crippen LogP contribution in [0, 0.1) is 16.6 Å². The van der Waals surface area contributed by atoms with Crippen molar-refractivity contribution in [2.45, 2.75) is 38.7 Å². The molecule has 0 radical (unpaired) electrons. The van der Waals surface area contributed by atoms with Crippen LogP contribution < -0.4 is 21.3 Å². The van der Waals surface area contributed by atoms with Crippen LogP contribution in [0.1, 0.15) is 43.7 Å². The lowest BCUT2D eigenvalue weighted by molar-refractivity contribution is -0.129. The Morgan fingerprint density at radius 3 is 2.38 bits per heavy atom. The third-order valence-corrected chi connectivity index (χ3v) is 6.87. The van der Waals surface area contributed by atoms with E-state index in [2.05, 4.69) is 21.3 Å². The van der Waals surface area contributed by atoms with E-state index in [1.807, 2.05) is 0 Å². The molecule has 10 nitrogen and oxygen atoms in total. The third kappa shape index (κ3) is 7.09. The summed E-state index contributed by atoms with van der Waals surface area (Å²) in [4.78, 5) is 27.3. The maximum Gasteiger partial charge on any atom is 0.317 e. The van der Waals surface area contributed by atoms with E-state index < -0.39 is 17.8 Å². The Morgan fingerprint density at radius 2 is 1.82 bits per heavy atom. The Bertz CT molecular complexity index is 1180. The van der Waals surface area contributed by atoms with Crippen LogP contribution in [-0.2, 0) is 4.79 Å². The Balaban J connectivity index is 1.91. The lowest BCUT2D eigenvalue weighted by Crippen LogP contribution is -2.48. The van der Waals surface area contributed by atoms with E-state index >= 15 is 4.39 Å². The zero-order chi connectivity index (χ0) is 28.7. The number of urea groups is 1. The van der Waals surface area contributed by atoms with Gasteiger partial charge >= 0.3 is 6.03 Å². The summed E-state index contributed by atoms with van der Waals surface area (Å²) < 4.78 is 43.0. The summed E-state index contributed by atoms with van der Waals surface area (Å²) in [5.41, 5.74) is 0.264. The summed E-state index contributed by atoms with van der Waals surface area (Å²) >= 11 is 0. The second kappa shape index (κ2) is 13.2. The fraction of sp³-hybridized carbons (Fsp3) is 0.462. The van der Waals surface area contributed by atoms with Crippen LogP contribution in [0.2, 0.25) is 0 Å². The molecule has 13 heteroatoms. The maximum absolute atomic E-state index is 15.1. The van der Waals surface area contributed by atoms with Crippen molar-refractivity contribution in [1.82, 2.24) is 25.8 Å². The molecule has 0 saturated carbocycles. The molecule has 2 heterocycles. The second-order valence-corrected chi connectivity index (χ2v) is 9.36. The number of anilines is 1. The number of likely N-dealkylation sites (tertiary alicyclic amines) is 1. The summed E-state index contributed by atoms with van der Waals surface area (Å²) in [6, 6.07) is 1.57. The molecule has 0 bridgehead atoms. The van der Waals surface area contributed by atoms with Gasteiger partial charge in [0.15, 0.2) is 0 Å². The van der Waals surface area contributed by atoms with Gasteiger partial charge in [0.25, 0.3) is 6.43 Å². The molecule has 0 unspecified atom stereocenters. The molecule has 3 amide bonds. The molecule has 3 rings (SSSR count). The Hall–Kier alpha value is -4.03. The highest BCUT2D eigenvalue weighted by molar-refractivity contribution is 6.10. The first kappa shape index (κ1) is 29.5. The minimum Gasteiger partial charge on any atom is -0.393 e. The first-order valence-corrected chi connectivity index (χ1v) is 12.7. The van der Waals surface area contributed by atoms with Gasteiger partial charge in [-0.2, -0.15) is 0 Å². The number of nitrogens with one attached hydrogen (secondary N) is 6. The summed E-state index contributed by atoms with van der Waals surface area (Å²) in [6.07, 6.45) is 1.05. The molecule has 0 aromatic heterocycles. The van der Waals surface area contributed by atoms with E-state index in [0.717, 1.165) is 18.3 Å². The highest BCUT2D eigenvalue weighted by atomic mass is 19.3. The maximum atomic E-state index is 15.1. The Morgan fingerprint density at radius 1 is 1.13 bits per heavy atom. The molecule has 2 aliphatic rings. The summed E-state index contributed by atoms with van der Waals surface area (Å²) in [5, 5.41) is 27.5. The number of benzene rings is 1. The van der Waals surface area contributed by atoms with E-state index in [9.17, 15) is 18.4 Å². The number of carbonyl (C=O) groups excluding carboxylic acids is 2. The van der Waals surface area contributed by atoms with Gasteiger partial charge in [-0.25, -0.2) is 18.0 Å². The predicted molar refractivity (Wildman–Crippen MR) is 145 cm³/mol. The van der Waals surface area contributed by atoms with Crippen LogP contribution in [-0.4, -0.2) is 80.1 Å². The van der Waals surface area contributed by atoms with Crippen LogP contribution in [0.25, 0.3) is 5.57 Å². The van der Waals surface area contributed by atoms with E-state index in [4.69, 9.17) is 10.8 Å². The van der Waals surface area contributed by atoms with Gasteiger partial charge in [0.2, 0.25) is 5.91 Å². The van der Waals surface area contributed by atoms with Crippen molar-refractivity contribution in [3.05, 3.63) is 46.5 Å². The molecule has 212 valence electrons. The quantitative estimate of drug-likeness (QED) is 0.219. The first-order valence-electron chi connectivity index (χ1n) is 12.7. The third-order valence-electron chi connectivity index (χ3n) is 6.87. The van der Waals surface area contributed by atoms with Crippen molar-refractivity contribution >= 4 is 35.2 Å². The van der Waals surface area contributed by atoms with Crippen molar-refractivity contribution in [3.8, 4) is 0 Å². The van der Waals surface area contributed by atoms with Crippen molar-refractivity contribution in [2.24, 2.45) is 0 Å². The molecular formula is C26H35F3N8O2. The van der Waals surface area contributed by atoms with E-state index in [1.54, 1.807) is 4.90 Å². The topological polar surface area (TPSA) is 136 Å². The fourth-order valence-corrected chi connectivity index (χ4v) is 4.75. The molecule has 1 saturated heterocycles. The van der Waals surface area contributed by atoms with Gasteiger partial charge in [-0.15, -0.1) is 0 Å². The molecule has 0 atom stereocenters. The van der Waals surface area contributed by atoms with Crippen LogP contribution in [0.4, 0.5) is 23.7 Å². The summed E-state index contributed by atoms with van der Waals surface area (Å²) in [5.74, 6) is -1.07. The zero-order valence-corrected chi connectivity index (χ0v) is 22.3. The standard InChI is InChI=1S/C26H35F3N8O2/c1-15(38)36-7-4-17(5-8-36)34-22-6-9-37(26(39)33-3)14-20(22)25(31)35-23-11-19(24(28)29)18(10-21(23)27)16(12-30)13-32-2/h10-13,17,24,30,32,34H,4-9,14H2,1-3H3,(H2,31,35)(H,33,39)/b16-13+,30-12?. The molecule has 1 aromatic carbocycles. The summed E-state index contributed by atoms with van der Waals surface area (Å²) in [6.45, 7) is 3.19. The second-order valence-electron chi connectivity index (χ2n) is 9.36. The Labute approximate surface area is 225 Å². The zero-order valence-electron chi connectivity index (χ0n) is 22.3. The van der Waals surface area contributed by atoms with Crippen molar-refractivity contribution in [3.63, 3.8) is 0 Å². The van der Waals surface area contributed by atoms with Gasteiger partial charge in [0, 0.05) is 87.9 Å². The van der Waals surface area contributed by atoms with Crippen molar-refractivity contribution < 1.29 is 22.8 Å². The molecular weight excluding hydrogens is 513 g/mol. The van der Waals surface area contributed by atoms with Gasteiger partial charge in [-0.3, -0.25) is 10.2 Å². The van der Waals surface area contributed by atoms with Crippen LogP contribution >= 0.6 is 0 Å². The number of rotatable bonds is 8. The number of amidine groups is 1. The number of allylic oxidation sites excluding steroid dienone is 1. The number of hydrogen-bond donors (Lipinski definition) is 6. The van der Waals surface area contributed by atoms with E-state index in [1.165, 1.54) is 32.1 Å². The highest BCUT2D eigenvalue weighted by Gasteiger charge is 2.29. The average molecular weight is 549 g/mol. The number of hydrogen-bond acceptors (Lipinski definition) is 6. The van der Waals surface area contributed by atoms with Crippen LogP contribution in [0.15, 0.2) is 29.6 Å². The van der Waals surface area contributed by atoms with Gasteiger partial charge < -0.3 is 36.5 Å². The monoisotopic (exact) mass is 548 g/mol. The lowest BCUT2D eigenvalue weighted by Gasteiger charge is -2.36. The minimum atomic E-state index is -2.95. The number of amides is 3. The van der Waals surface area contributed by atoms with Crippen molar-refractivity contribution in [2.75, 3.05) is 45.6 Å². The molecule has 1 aromatic rings. The molecule has 0 aliphatic carbocycles. The number of nitrogens with zero attached hydrogens (tertiary/aromatic N) is 2. The minimum absolute atomic E-state index is 0.0172. The number of piperidine rings is 1. The average Bonchev–Trinajstić information content (AvgIpc) is 2.92. The first-order chi connectivity index (χ1) is 18.6. The lowest BCUT2D eigenvalue weighted by atomic mass is 9.98. The number of halogens is 3. The molecule has 39 heavy (non-hydrogen) atoms. The normalized spacial score (nSPS) is 16.7. The fourth-order valence-electron chi connectivity index (χ4n) is 4.75. The van der Waals surface area contributed by atoms with E-state index in [-0.39, 0.29) is 47.2 Å². The van der Waals surface area contributed by atoms with Crippen LogP contribution in [0.5, 0.6) is 0 Å². The molecule has 0 spiro atoms. The SMILES string of the molecule is CN/C=C(\C=N)c1cc(F)c(NC(=N)C2=C(NC3CCN(C(C)=O)CC3)CCN(C(=O)NC)C2)cc1C(F)F. The summed E-state index contributed by atoms with van der Waals surface area (Å²) in [7, 11) is 3.04. The van der Waals surface area contributed by atoms with Crippen molar-refractivity contribution in [1.29, 1.82) is 10.8 Å². The highest BCUT2D eigenvalue weighted by Crippen LogP contribution is 2.32. The molecule has 2 aliphatic heterocycles. The Kier molecular flexibility index (Phi) is 9.96. The van der Waals surface area contributed by atoms with E-state index in [0.29, 0.717) is 50.2 Å². The van der Waals surface area contributed by atoms with Gasteiger partial charge in [-0.05, 0) is 30.5 Å². The molecule has 6 N–H and O–H groups in total. The largest absolute Gasteiger partial charge is 0.393 e. The number of alkyl halides is 2.